The molecular weight excluding hydrogens is 354 g/mol. The number of carbonyl (C=O) groups is 1. The maximum Gasteiger partial charge on any atom is 0.231 e. The summed E-state index contributed by atoms with van der Waals surface area (Å²) in [6, 6.07) is 3.93. The Labute approximate surface area is 164 Å². The van der Waals surface area contributed by atoms with Crippen LogP contribution in [0.2, 0.25) is 0 Å². The number of fused-ring (bicyclic) bond motifs is 1. The predicted octanol–water partition coefficient (Wildman–Crippen LogP) is 3.44. The second-order valence-corrected chi connectivity index (χ2v) is 7.40. The van der Waals surface area contributed by atoms with Gasteiger partial charge in [0, 0.05) is 30.1 Å². The van der Waals surface area contributed by atoms with Crippen molar-refractivity contribution in [2.75, 3.05) is 10.2 Å². The van der Waals surface area contributed by atoms with Crippen LogP contribution in [0.3, 0.4) is 0 Å². The van der Waals surface area contributed by atoms with Crippen molar-refractivity contribution in [3.05, 3.63) is 30.2 Å². The molecule has 3 aromatic rings. The topological polar surface area (TPSA) is 88.8 Å². The molecule has 3 aromatic heterocycles. The average molecular weight is 379 g/mol. The molecule has 4 rings (SSSR count). The molecule has 4 heterocycles. The Morgan fingerprint density at radius 3 is 2.75 bits per heavy atom. The molecule has 0 bridgehead atoms. The van der Waals surface area contributed by atoms with Gasteiger partial charge in [-0.1, -0.05) is 6.92 Å². The molecule has 8 nitrogen and oxygen atoms in total. The molecular formula is C20H25N7O. The van der Waals surface area contributed by atoms with Gasteiger partial charge in [-0.05, 0) is 45.7 Å². The van der Waals surface area contributed by atoms with Crippen LogP contribution in [0, 0.1) is 12.8 Å². The van der Waals surface area contributed by atoms with Crippen LogP contribution in [-0.2, 0) is 11.3 Å². The van der Waals surface area contributed by atoms with Crippen molar-refractivity contribution in [2.24, 2.45) is 5.92 Å². The lowest BCUT2D eigenvalue weighted by Crippen LogP contribution is -2.46. The highest BCUT2D eigenvalue weighted by molar-refractivity contribution is 5.96. The molecule has 1 amide bonds. The third-order valence-electron chi connectivity index (χ3n) is 5.44. The zero-order chi connectivity index (χ0) is 19.8. The largest absolute Gasteiger partial charge is 0.321 e. The fourth-order valence-corrected chi connectivity index (χ4v) is 3.64. The Morgan fingerprint density at radius 1 is 1.18 bits per heavy atom. The van der Waals surface area contributed by atoms with E-state index in [0.29, 0.717) is 17.4 Å². The SMILES string of the molecule is CCn1ncc(Nc2ncc3ccc(N4C(=O)[C@H](C)CC[C@@H]4C)nc3n2)c1C. The Balaban J connectivity index is 1.67. The van der Waals surface area contributed by atoms with E-state index >= 15 is 0 Å². The van der Waals surface area contributed by atoms with Crippen molar-refractivity contribution in [2.45, 2.75) is 53.1 Å². The predicted molar refractivity (Wildman–Crippen MR) is 109 cm³/mol. The van der Waals surface area contributed by atoms with Crippen molar-refractivity contribution in [1.29, 1.82) is 0 Å². The van der Waals surface area contributed by atoms with Gasteiger partial charge in [-0.25, -0.2) is 9.97 Å². The van der Waals surface area contributed by atoms with Crippen LogP contribution in [0.1, 0.15) is 39.3 Å². The molecule has 1 fully saturated rings. The number of hydrogen-bond acceptors (Lipinski definition) is 6. The highest BCUT2D eigenvalue weighted by Gasteiger charge is 2.32. The summed E-state index contributed by atoms with van der Waals surface area (Å²) in [5.74, 6) is 1.26. The van der Waals surface area contributed by atoms with E-state index in [4.69, 9.17) is 0 Å². The number of amides is 1. The van der Waals surface area contributed by atoms with Crippen LogP contribution in [0.4, 0.5) is 17.5 Å². The van der Waals surface area contributed by atoms with E-state index in [-0.39, 0.29) is 17.9 Å². The number of anilines is 3. The first kappa shape index (κ1) is 18.3. The van der Waals surface area contributed by atoms with Gasteiger partial charge in [0.15, 0.2) is 5.65 Å². The van der Waals surface area contributed by atoms with Gasteiger partial charge in [-0.2, -0.15) is 10.1 Å². The molecule has 0 aromatic carbocycles. The quantitative estimate of drug-likeness (QED) is 0.747. The molecule has 8 heteroatoms. The van der Waals surface area contributed by atoms with Crippen molar-refractivity contribution in [1.82, 2.24) is 24.7 Å². The highest BCUT2D eigenvalue weighted by Crippen LogP contribution is 2.28. The zero-order valence-electron chi connectivity index (χ0n) is 16.7. The van der Waals surface area contributed by atoms with Gasteiger partial charge in [0.2, 0.25) is 11.9 Å². The second kappa shape index (κ2) is 7.18. The Bertz CT molecular complexity index is 1030. The lowest BCUT2D eigenvalue weighted by Gasteiger charge is -2.35. The van der Waals surface area contributed by atoms with E-state index in [9.17, 15) is 4.79 Å². The number of nitrogens with one attached hydrogen (secondary N) is 1. The number of pyridine rings is 1. The molecule has 1 aliphatic rings. The first-order valence-electron chi connectivity index (χ1n) is 9.74. The highest BCUT2D eigenvalue weighted by atomic mass is 16.2. The van der Waals surface area contributed by atoms with Gasteiger partial charge >= 0.3 is 0 Å². The summed E-state index contributed by atoms with van der Waals surface area (Å²) in [6.07, 6.45) is 5.41. The van der Waals surface area contributed by atoms with Crippen molar-refractivity contribution < 1.29 is 4.79 Å². The first-order chi connectivity index (χ1) is 13.5. The molecule has 0 spiro atoms. The van der Waals surface area contributed by atoms with E-state index in [0.717, 1.165) is 36.2 Å². The number of carbonyl (C=O) groups excluding carboxylic acids is 1. The fraction of sp³-hybridized carbons (Fsp3) is 0.450. The molecule has 1 saturated heterocycles. The molecule has 146 valence electrons. The summed E-state index contributed by atoms with van der Waals surface area (Å²) in [7, 11) is 0. The van der Waals surface area contributed by atoms with E-state index in [1.165, 1.54) is 0 Å². The smallest absolute Gasteiger partial charge is 0.231 e. The van der Waals surface area contributed by atoms with Gasteiger partial charge < -0.3 is 5.32 Å². The van der Waals surface area contributed by atoms with E-state index in [2.05, 4.69) is 32.3 Å². The number of aryl methyl sites for hydroxylation is 1. The van der Waals surface area contributed by atoms with Crippen molar-refractivity contribution in [3.8, 4) is 0 Å². The summed E-state index contributed by atoms with van der Waals surface area (Å²) in [5.41, 5.74) is 2.45. The number of nitrogens with zero attached hydrogens (tertiary/aromatic N) is 6. The molecule has 1 N–H and O–H groups in total. The van der Waals surface area contributed by atoms with Gasteiger partial charge in [-0.3, -0.25) is 14.4 Å². The van der Waals surface area contributed by atoms with E-state index in [1.807, 2.05) is 37.6 Å². The summed E-state index contributed by atoms with van der Waals surface area (Å²) in [6.45, 7) is 8.89. The number of aromatic nitrogens is 5. The van der Waals surface area contributed by atoms with Gasteiger partial charge in [0.05, 0.1) is 17.6 Å². The Hall–Kier alpha value is -3.03. The Morgan fingerprint density at radius 2 is 2.00 bits per heavy atom. The second-order valence-electron chi connectivity index (χ2n) is 7.40. The van der Waals surface area contributed by atoms with Crippen LogP contribution in [0.25, 0.3) is 11.0 Å². The summed E-state index contributed by atoms with van der Waals surface area (Å²) < 4.78 is 1.91. The van der Waals surface area contributed by atoms with Gasteiger partial charge in [0.1, 0.15) is 5.82 Å². The molecule has 1 aliphatic heterocycles. The first-order valence-corrected chi connectivity index (χ1v) is 9.74. The fourth-order valence-electron chi connectivity index (χ4n) is 3.64. The third-order valence-corrected chi connectivity index (χ3v) is 5.44. The van der Waals surface area contributed by atoms with E-state index < -0.39 is 0 Å². The molecule has 28 heavy (non-hydrogen) atoms. The van der Waals surface area contributed by atoms with Crippen molar-refractivity contribution >= 4 is 34.4 Å². The standard InChI is InChI=1S/C20H25N7O/c1-5-26-14(4)16(11-22-26)23-20-21-10-15-8-9-17(24-18(15)25-20)27-13(3)7-6-12(2)19(27)28/h8-13H,5-7H2,1-4H3,(H,21,23,24,25)/t12-,13+/m1/s1. The monoisotopic (exact) mass is 379 g/mol. The summed E-state index contributed by atoms with van der Waals surface area (Å²) in [4.78, 5) is 28.1. The average Bonchev–Trinajstić information content (AvgIpc) is 3.04. The molecule has 0 radical (unpaired) electrons. The van der Waals surface area contributed by atoms with Crippen LogP contribution >= 0.6 is 0 Å². The zero-order valence-corrected chi connectivity index (χ0v) is 16.7. The molecule has 0 saturated carbocycles. The van der Waals surface area contributed by atoms with Gasteiger partial charge in [0.25, 0.3) is 0 Å². The van der Waals surface area contributed by atoms with Crippen LogP contribution in [0.15, 0.2) is 24.5 Å². The Kier molecular flexibility index (Phi) is 4.70. The lowest BCUT2D eigenvalue weighted by molar-refractivity contribution is -0.123. The number of piperidine rings is 1. The van der Waals surface area contributed by atoms with Gasteiger partial charge in [-0.15, -0.1) is 0 Å². The maximum absolute atomic E-state index is 12.7. The van der Waals surface area contributed by atoms with Crippen LogP contribution in [0.5, 0.6) is 0 Å². The number of rotatable bonds is 4. The van der Waals surface area contributed by atoms with Crippen molar-refractivity contribution in [3.63, 3.8) is 0 Å². The van der Waals surface area contributed by atoms with Crippen LogP contribution in [-0.4, -0.2) is 36.7 Å². The number of hydrogen-bond donors (Lipinski definition) is 1. The summed E-state index contributed by atoms with van der Waals surface area (Å²) in [5, 5.41) is 8.38. The molecule has 0 unspecified atom stereocenters. The minimum Gasteiger partial charge on any atom is -0.321 e. The summed E-state index contributed by atoms with van der Waals surface area (Å²) >= 11 is 0. The third kappa shape index (κ3) is 3.19. The minimum absolute atomic E-state index is 0.0226. The minimum atomic E-state index is 0.0226. The molecule has 0 aliphatic carbocycles. The molecule has 2 atom stereocenters. The lowest BCUT2D eigenvalue weighted by atomic mass is 9.94. The van der Waals surface area contributed by atoms with E-state index in [1.54, 1.807) is 17.3 Å². The normalized spacial score (nSPS) is 20.0. The van der Waals surface area contributed by atoms with Crippen LogP contribution < -0.4 is 10.2 Å². The maximum atomic E-state index is 12.7.